The topological polar surface area (TPSA) is 16.1 Å². The zero-order valence-electron chi connectivity index (χ0n) is 8.84. The molecule has 0 unspecified atom stereocenters. The molecule has 0 saturated heterocycles. The molecule has 1 aromatic rings. The molecule has 7 heteroatoms. The molecule has 1 heterocycles. The molecule has 0 saturated carbocycles. The maximum atomic E-state index is 12.3. The summed E-state index contributed by atoms with van der Waals surface area (Å²) in [4.78, 5) is 5.37. The van der Waals surface area contributed by atoms with Crippen molar-refractivity contribution in [2.75, 3.05) is 18.4 Å². The van der Waals surface area contributed by atoms with Crippen molar-refractivity contribution in [2.24, 2.45) is 0 Å². The van der Waals surface area contributed by atoms with Crippen LogP contribution in [-0.4, -0.2) is 34.5 Å². The molecule has 1 rings (SSSR count). The van der Waals surface area contributed by atoms with Gasteiger partial charge in [0.25, 0.3) is 0 Å². The van der Waals surface area contributed by atoms with Gasteiger partial charge < -0.3 is 0 Å². The fraction of sp³-hybridized carbons (Fsp3) is 0.500. The first-order valence-electron chi connectivity index (χ1n) is 4.86. The number of nitrogens with zero attached hydrogens (tertiary/aromatic N) is 2. The van der Waals surface area contributed by atoms with Gasteiger partial charge >= 0.3 is 6.18 Å². The Hall–Kier alpha value is -0.140. The fourth-order valence-electron chi connectivity index (χ4n) is 1.32. The molecule has 0 amide bonds. The average molecular weight is 376 g/mol. The van der Waals surface area contributed by atoms with Crippen LogP contribution in [0.3, 0.4) is 0 Å². The van der Waals surface area contributed by atoms with E-state index in [-0.39, 0.29) is 6.54 Å². The molecule has 0 aliphatic rings. The summed E-state index contributed by atoms with van der Waals surface area (Å²) in [5.74, 6) is 0. The molecule has 17 heavy (non-hydrogen) atoms. The third kappa shape index (κ3) is 6.38. The van der Waals surface area contributed by atoms with E-state index in [0.717, 1.165) is 4.47 Å². The maximum Gasteiger partial charge on any atom is 0.401 e. The number of pyridine rings is 1. The van der Waals surface area contributed by atoms with Crippen molar-refractivity contribution in [3.63, 3.8) is 0 Å². The molecule has 1 aromatic heterocycles. The Morgan fingerprint density at radius 1 is 1.29 bits per heavy atom. The summed E-state index contributed by atoms with van der Waals surface area (Å²) in [7, 11) is 0. The van der Waals surface area contributed by atoms with Gasteiger partial charge in [-0.05, 0) is 28.1 Å². The minimum atomic E-state index is -4.18. The number of hydrogen-bond donors (Lipinski definition) is 0. The van der Waals surface area contributed by atoms with Gasteiger partial charge in [0.05, 0.1) is 12.2 Å². The van der Waals surface area contributed by atoms with E-state index in [9.17, 15) is 13.2 Å². The standard InChI is InChI=1S/C10H11Br2F3N2/c11-3-4-17(7-10(13,14)15)6-9-2-1-8(12)5-16-9/h1-2,5H,3-4,6-7H2. The lowest BCUT2D eigenvalue weighted by atomic mass is 10.3. The highest BCUT2D eigenvalue weighted by Crippen LogP contribution is 2.18. The summed E-state index contributed by atoms with van der Waals surface area (Å²) >= 11 is 6.37. The first-order valence-corrected chi connectivity index (χ1v) is 6.77. The summed E-state index contributed by atoms with van der Waals surface area (Å²) in [6.07, 6.45) is -2.60. The first-order chi connectivity index (χ1) is 7.90. The second-order valence-electron chi connectivity index (χ2n) is 3.48. The number of alkyl halides is 4. The van der Waals surface area contributed by atoms with E-state index in [4.69, 9.17) is 0 Å². The molecule has 0 fully saturated rings. The van der Waals surface area contributed by atoms with Crippen molar-refractivity contribution < 1.29 is 13.2 Å². The third-order valence-electron chi connectivity index (χ3n) is 1.98. The van der Waals surface area contributed by atoms with E-state index >= 15 is 0 Å². The Balaban J connectivity index is 2.63. The lowest BCUT2D eigenvalue weighted by molar-refractivity contribution is -0.146. The van der Waals surface area contributed by atoms with Crippen molar-refractivity contribution in [3.8, 4) is 0 Å². The van der Waals surface area contributed by atoms with Gasteiger partial charge in [0.2, 0.25) is 0 Å². The van der Waals surface area contributed by atoms with E-state index in [1.54, 1.807) is 18.3 Å². The van der Waals surface area contributed by atoms with Gasteiger partial charge in [0, 0.05) is 29.1 Å². The highest BCUT2D eigenvalue weighted by Gasteiger charge is 2.30. The van der Waals surface area contributed by atoms with Crippen LogP contribution in [0.15, 0.2) is 22.8 Å². The minimum absolute atomic E-state index is 0.193. The largest absolute Gasteiger partial charge is 0.401 e. The highest BCUT2D eigenvalue weighted by molar-refractivity contribution is 9.10. The van der Waals surface area contributed by atoms with E-state index < -0.39 is 12.7 Å². The number of rotatable bonds is 5. The number of aromatic nitrogens is 1. The molecular weight excluding hydrogens is 365 g/mol. The van der Waals surface area contributed by atoms with Gasteiger partial charge in [0.15, 0.2) is 0 Å². The molecule has 2 nitrogen and oxygen atoms in total. The predicted molar refractivity (Wildman–Crippen MR) is 67.1 cm³/mol. The maximum absolute atomic E-state index is 12.3. The fourth-order valence-corrected chi connectivity index (χ4v) is 2.05. The van der Waals surface area contributed by atoms with Crippen molar-refractivity contribution >= 4 is 31.9 Å². The van der Waals surface area contributed by atoms with Crippen molar-refractivity contribution in [1.29, 1.82) is 0 Å². The molecule has 0 radical (unpaired) electrons. The zero-order valence-corrected chi connectivity index (χ0v) is 12.0. The average Bonchev–Trinajstić information content (AvgIpc) is 2.19. The minimum Gasteiger partial charge on any atom is -0.288 e. The van der Waals surface area contributed by atoms with Crippen LogP contribution in [0.2, 0.25) is 0 Å². The second-order valence-corrected chi connectivity index (χ2v) is 5.19. The molecule has 96 valence electrons. The molecule has 0 spiro atoms. The summed E-state index contributed by atoms with van der Waals surface area (Å²) in [6, 6.07) is 3.48. The lowest BCUT2D eigenvalue weighted by Gasteiger charge is -2.22. The van der Waals surface area contributed by atoms with Gasteiger partial charge in [-0.25, -0.2) is 0 Å². The van der Waals surface area contributed by atoms with E-state index in [1.807, 2.05) is 0 Å². The van der Waals surface area contributed by atoms with Crippen molar-refractivity contribution in [3.05, 3.63) is 28.5 Å². The number of halogens is 5. The van der Waals surface area contributed by atoms with Crippen LogP contribution in [0.25, 0.3) is 0 Å². The summed E-state index contributed by atoms with van der Waals surface area (Å²) in [5, 5.41) is 0.500. The second kappa shape index (κ2) is 6.70. The molecule has 0 aromatic carbocycles. The van der Waals surface area contributed by atoms with Crippen molar-refractivity contribution in [1.82, 2.24) is 9.88 Å². The normalized spacial score (nSPS) is 12.1. The molecule has 0 aliphatic heterocycles. The smallest absolute Gasteiger partial charge is 0.288 e. The van der Waals surface area contributed by atoms with Crippen LogP contribution in [-0.2, 0) is 6.54 Å². The predicted octanol–water partition coefficient (Wildman–Crippen LogP) is 3.60. The third-order valence-corrected chi connectivity index (χ3v) is 2.80. The monoisotopic (exact) mass is 374 g/mol. The molecule has 0 bridgehead atoms. The SMILES string of the molecule is FC(F)(F)CN(CCBr)Cc1ccc(Br)cn1. The van der Waals surface area contributed by atoms with Crippen LogP contribution in [0.1, 0.15) is 5.69 Å². The Morgan fingerprint density at radius 3 is 2.47 bits per heavy atom. The number of hydrogen-bond acceptors (Lipinski definition) is 2. The van der Waals surface area contributed by atoms with Crippen molar-refractivity contribution in [2.45, 2.75) is 12.7 Å². The molecule has 0 N–H and O–H groups in total. The Morgan fingerprint density at radius 2 is 2.00 bits per heavy atom. The van der Waals surface area contributed by atoms with Gasteiger partial charge in [-0.15, -0.1) is 0 Å². The first kappa shape index (κ1) is 14.9. The van der Waals surface area contributed by atoms with Gasteiger partial charge in [-0.1, -0.05) is 15.9 Å². The lowest BCUT2D eigenvalue weighted by Crippen LogP contribution is -2.35. The highest BCUT2D eigenvalue weighted by atomic mass is 79.9. The summed E-state index contributed by atoms with van der Waals surface area (Å²) < 4.78 is 37.7. The molecule has 0 atom stereocenters. The van der Waals surface area contributed by atoms with Crippen LogP contribution in [0.4, 0.5) is 13.2 Å². The van der Waals surface area contributed by atoms with E-state index in [0.29, 0.717) is 17.6 Å². The van der Waals surface area contributed by atoms with Crippen LogP contribution in [0.5, 0.6) is 0 Å². The Bertz CT molecular complexity index is 340. The summed E-state index contributed by atoms with van der Waals surface area (Å²) in [5.41, 5.74) is 0.624. The van der Waals surface area contributed by atoms with Gasteiger partial charge in [-0.3, -0.25) is 9.88 Å². The Labute approximate surface area is 114 Å². The van der Waals surface area contributed by atoms with Gasteiger partial charge in [-0.2, -0.15) is 13.2 Å². The zero-order chi connectivity index (χ0) is 12.9. The quantitative estimate of drug-likeness (QED) is 0.731. The van der Waals surface area contributed by atoms with Crippen LogP contribution >= 0.6 is 31.9 Å². The summed E-state index contributed by atoms with van der Waals surface area (Å²) in [6.45, 7) is -0.397. The van der Waals surface area contributed by atoms with E-state index in [1.165, 1.54) is 4.90 Å². The molecule has 0 aliphatic carbocycles. The van der Waals surface area contributed by atoms with Gasteiger partial charge in [0.1, 0.15) is 0 Å². The Kier molecular flexibility index (Phi) is 5.88. The molecular formula is C10H11Br2F3N2. The van der Waals surface area contributed by atoms with E-state index in [2.05, 4.69) is 36.8 Å². The van der Waals surface area contributed by atoms with Crippen LogP contribution in [0, 0.1) is 0 Å². The van der Waals surface area contributed by atoms with Crippen LogP contribution < -0.4 is 0 Å².